The van der Waals surface area contributed by atoms with Gasteiger partial charge in [-0.25, -0.2) is 4.90 Å². The highest BCUT2D eigenvalue weighted by Gasteiger charge is 2.45. The second-order valence-electron chi connectivity index (χ2n) is 6.11. The summed E-state index contributed by atoms with van der Waals surface area (Å²) in [6.07, 6.45) is 1.31. The van der Waals surface area contributed by atoms with Gasteiger partial charge in [-0.1, -0.05) is 36.4 Å². The molecule has 2 aromatic carbocycles. The molecule has 1 fully saturated rings. The topological polar surface area (TPSA) is 70.8 Å². The van der Waals surface area contributed by atoms with Crippen molar-refractivity contribution in [2.24, 2.45) is 0 Å². The number of amides is 3. The first-order chi connectivity index (χ1) is 13.2. The van der Waals surface area contributed by atoms with Crippen LogP contribution in [-0.2, 0) is 9.59 Å². The van der Waals surface area contributed by atoms with Crippen LogP contribution in [0.25, 0.3) is 0 Å². The smallest absolute Gasteiger partial charge is 0.294 e. The summed E-state index contributed by atoms with van der Waals surface area (Å²) in [6, 6.07) is 19.7. The number of imide groups is 1. The molecule has 1 saturated heterocycles. The molecule has 6 nitrogen and oxygen atoms in total. The second-order valence-corrected chi connectivity index (χ2v) is 6.11. The van der Waals surface area contributed by atoms with Crippen molar-refractivity contribution in [1.29, 1.82) is 0 Å². The number of carbonyl (C=O) groups excluding carboxylic acids is 3. The van der Waals surface area contributed by atoms with Crippen LogP contribution in [0.5, 0.6) is 0 Å². The number of anilines is 2. The highest BCUT2D eigenvalue weighted by atomic mass is 16.3. The molecule has 1 atom stereocenters. The normalized spacial score (nSPS) is 16.6. The molecule has 27 heavy (non-hydrogen) atoms. The Labute approximate surface area is 155 Å². The van der Waals surface area contributed by atoms with E-state index in [0.29, 0.717) is 11.4 Å². The Hall–Kier alpha value is -3.67. The minimum absolute atomic E-state index is 0.0882. The van der Waals surface area contributed by atoms with Crippen molar-refractivity contribution in [3.63, 3.8) is 0 Å². The number of hydrogen-bond donors (Lipinski definition) is 0. The van der Waals surface area contributed by atoms with Gasteiger partial charge < -0.3 is 4.42 Å². The zero-order valence-electron chi connectivity index (χ0n) is 14.3. The summed E-state index contributed by atoms with van der Waals surface area (Å²) < 4.78 is 5.23. The summed E-state index contributed by atoms with van der Waals surface area (Å²) in [5, 5.41) is 0. The van der Waals surface area contributed by atoms with Gasteiger partial charge in [-0.15, -0.1) is 0 Å². The summed E-state index contributed by atoms with van der Waals surface area (Å²) in [7, 11) is 0. The summed E-state index contributed by atoms with van der Waals surface area (Å²) in [5.74, 6) is -1.14. The van der Waals surface area contributed by atoms with E-state index in [1.165, 1.54) is 17.2 Å². The quantitative estimate of drug-likeness (QED) is 0.670. The Morgan fingerprint density at radius 2 is 1.59 bits per heavy atom. The first kappa shape index (κ1) is 16.8. The molecule has 1 aliphatic heterocycles. The summed E-state index contributed by atoms with van der Waals surface area (Å²) in [6.45, 7) is 0. The Kier molecular flexibility index (Phi) is 4.30. The lowest BCUT2D eigenvalue weighted by molar-refractivity contribution is -0.121. The van der Waals surface area contributed by atoms with E-state index in [1.807, 2.05) is 12.1 Å². The van der Waals surface area contributed by atoms with Gasteiger partial charge in [-0.05, 0) is 36.4 Å². The molecule has 1 aliphatic rings. The van der Waals surface area contributed by atoms with Crippen LogP contribution in [0.15, 0.2) is 83.5 Å². The SMILES string of the molecule is O=C1C[C@H](N(C(=O)c2ccco2)c2ccccc2)C(=O)N1c1ccccc1. The predicted molar refractivity (Wildman–Crippen MR) is 99.3 cm³/mol. The number of benzene rings is 2. The fourth-order valence-electron chi connectivity index (χ4n) is 3.21. The average Bonchev–Trinajstić information content (AvgIpc) is 3.32. The molecule has 1 aromatic heterocycles. The van der Waals surface area contributed by atoms with E-state index in [0.717, 1.165) is 4.90 Å². The number of hydrogen-bond acceptors (Lipinski definition) is 4. The van der Waals surface area contributed by atoms with Gasteiger partial charge in [0, 0.05) is 5.69 Å². The maximum absolute atomic E-state index is 13.1. The number of carbonyl (C=O) groups is 3. The molecule has 134 valence electrons. The monoisotopic (exact) mass is 360 g/mol. The summed E-state index contributed by atoms with van der Waals surface area (Å²) >= 11 is 0. The maximum Gasteiger partial charge on any atom is 0.294 e. The van der Waals surface area contributed by atoms with Crippen LogP contribution in [0.4, 0.5) is 11.4 Å². The summed E-state index contributed by atoms with van der Waals surface area (Å²) in [4.78, 5) is 41.2. The molecule has 3 aromatic rings. The molecule has 4 rings (SSSR count). The average molecular weight is 360 g/mol. The molecule has 6 heteroatoms. The first-order valence-electron chi connectivity index (χ1n) is 8.51. The van der Waals surface area contributed by atoms with Gasteiger partial charge in [0.2, 0.25) is 5.91 Å². The van der Waals surface area contributed by atoms with E-state index in [9.17, 15) is 14.4 Å². The van der Waals surface area contributed by atoms with Crippen molar-refractivity contribution in [3.8, 4) is 0 Å². The molecular formula is C21H16N2O4. The Balaban J connectivity index is 1.74. The van der Waals surface area contributed by atoms with Crippen LogP contribution >= 0.6 is 0 Å². The van der Waals surface area contributed by atoms with Crippen LogP contribution in [0.1, 0.15) is 17.0 Å². The third kappa shape index (κ3) is 3.01. The van der Waals surface area contributed by atoms with E-state index in [4.69, 9.17) is 4.42 Å². The molecule has 0 bridgehead atoms. The van der Waals surface area contributed by atoms with Crippen molar-refractivity contribution >= 4 is 29.1 Å². The maximum atomic E-state index is 13.1. The van der Waals surface area contributed by atoms with E-state index in [1.54, 1.807) is 54.6 Å². The molecule has 0 unspecified atom stereocenters. The van der Waals surface area contributed by atoms with Crippen molar-refractivity contribution in [1.82, 2.24) is 0 Å². The molecule has 3 amide bonds. The molecule has 0 aliphatic carbocycles. The van der Waals surface area contributed by atoms with Crippen molar-refractivity contribution in [3.05, 3.63) is 84.8 Å². The standard InChI is InChI=1S/C21H16N2O4/c24-19-14-17(20(25)23(19)16-10-5-2-6-11-16)22(15-8-3-1-4-9-15)21(26)18-12-7-13-27-18/h1-13,17H,14H2/t17-/m0/s1. The Morgan fingerprint density at radius 3 is 2.22 bits per heavy atom. The molecule has 2 heterocycles. The number of nitrogens with zero attached hydrogens (tertiary/aromatic N) is 2. The summed E-state index contributed by atoms with van der Waals surface area (Å²) in [5.41, 5.74) is 1.02. The lowest BCUT2D eigenvalue weighted by Gasteiger charge is -2.27. The van der Waals surface area contributed by atoms with E-state index < -0.39 is 17.9 Å². The molecule has 0 radical (unpaired) electrons. The van der Waals surface area contributed by atoms with Crippen molar-refractivity contribution < 1.29 is 18.8 Å². The lowest BCUT2D eigenvalue weighted by Crippen LogP contribution is -2.45. The fourth-order valence-corrected chi connectivity index (χ4v) is 3.21. The third-order valence-corrected chi connectivity index (χ3v) is 4.43. The van der Waals surface area contributed by atoms with Crippen molar-refractivity contribution in [2.45, 2.75) is 12.5 Å². The Bertz CT molecular complexity index is 968. The van der Waals surface area contributed by atoms with E-state index in [2.05, 4.69) is 0 Å². The number of para-hydroxylation sites is 2. The van der Waals surface area contributed by atoms with Gasteiger partial charge >= 0.3 is 0 Å². The van der Waals surface area contributed by atoms with Gasteiger partial charge in [0.1, 0.15) is 6.04 Å². The third-order valence-electron chi connectivity index (χ3n) is 4.43. The fraction of sp³-hybridized carbons (Fsp3) is 0.0952. The van der Waals surface area contributed by atoms with Gasteiger partial charge in [0.15, 0.2) is 5.76 Å². The van der Waals surface area contributed by atoms with Crippen LogP contribution < -0.4 is 9.80 Å². The minimum Gasteiger partial charge on any atom is -0.459 e. The van der Waals surface area contributed by atoms with Gasteiger partial charge in [-0.3, -0.25) is 19.3 Å². The van der Waals surface area contributed by atoms with Crippen LogP contribution in [-0.4, -0.2) is 23.8 Å². The highest BCUT2D eigenvalue weighted by molar-refractivity contribution is 6.25. The van der Waals surface area contributed by atoms with Crippen molar-refractivity contribution in [2.75, 3.05) is 9.80 Å². The van der Waals surface area contributed by atoms with Crippen LogP contribution in [0, 0.1) is 0 Å². The predicted octanol–water partition coefficient (Wildman–Crippen LogP) is 3.26. The lowest BCUT2D eigenvalue weighted by atomic mass is 10.1. The van der Waals surface area contributed by atoms with Crippen LogP contribution in [0.3, 0.4) is 0 Å². The zero-order chi connectivity index (χ0) is 18.8. The molecule has 0 N–H and O–H groups in total. The van der Waals surface area contributed by atoms with Crippen LogP contribution in [0.2, 0.25) is 0 Å². The molecule has 0 spiro atoms. The molecular weight excluding hydrogens is 344 g/mol. The van der Waals surface area contributed by atoms with Gasteiger partial charge in [0.05, 0.1) is 18.4 Å². The zero-order valence-corrected chi connectivity index (χ0v) is 14.3. The largest absolute Gasteiger partial charge is 0.459 e. The number of furan rings is 1. The van der Waals surface area contributed by atoms with E-state index >= 15 is 0 Å². The first-order valence-corrected chi connectivity index (χ1v) is 8.51. The minimum atomic E-state index is -0.933. The van der Waals surface area contributed by atoms with E-state index in [-0.39, 0.29) is 18.1 Å². The molecule has 0 saturated carbocycles. The van der Waals surface area contributed by atoms with Gasteiger partial charge in [-0.2, -0.15) is 0 Å². The second kappa shape index (κ2) is 6.92. The Morgan fingerprint density at radius 1 is 0.926 bits per heavy atom. The van der Waals surface area contributed by atoms with Gasteiger partial charge in [0.25, 0.3) is 11.8 Å². The number of rotatable bonds is 4. The highest BCUT2D eigenvalue weighted by Crippen LogP contribution is 2.30.